The number of ketones is 1. The Hall–Kier alpha value is -2.53. The minimum Gasteiger partial charge on any atom is -0.486 e. The van der Waals surface area contributed by atoms with E-state index in [1.165, 1.54) is 0 Å². The number of ether oxygens (including phenoxy) is 1. The van der Waals surface area contributed by atoms with E-state index in [0.717, 1.165) is 11.1 Å². The Morgan fingerprint density at radius 2 is 1.93 bits per heavy atom. The van der Waals surface area contributed by atoms with Crippen LogP contribution in [0.25, 0.3) is 0 Å². The van der Waals surface area contributed by atoms with Crippen LogP contribution in [0.4, 0.5) is 10.5 Å². The third-order valence-electron chi connectivity index (χ3n) is 5.57. The summed E-state index contributed by atoms with van der Waals surface area (Å²) in [6.07, 6.45) is 1.63. The first-order valence-electron chi connectivity index (χ1n) is 9.50. The van der Waals surface area contributed by atoms with Crippen molar-refractivity contribution in [1.29, 1.82) is 0 Å². The highest BCUT2D eigenvalue weighted by molar-refractivity contribution is 6.30. The zero-order valence-corrected chi connectivity index (χ0v) is 16.8. The summed E-state index contributed by atoms with van der Waals surface area (Å²) in [5.74, 6) is 0.821. The van der Waals surface area contributed by atoms with Crippen LogP contribution < -0.4 is 10.1 Å². The first-order chi connectivity index (χ1) is 13.3. The van der Waals surface area contributed by atoms with Gasteiger partial charge in [0.1, 0.15) is 11.4 Å². The fourth-order valence-corrected chi connectivity index (χ4v) is 4.37. The molecule has 5 nitrogen and oxygen atoms in total. The highest BCUT2D eigenvalue weighted by Gasteiger charge is 2.44. The molecular weight excluding hydrogens is 376 g/mol. The Morgan fingerprint density at radius 1 is 1.18 bits per heavy atom. The number of rotatable bonds is 1. The number of hydrogen-bond acceptors (Lipinski definition) is 3. The van der Waals surface area contributed by atoms with Gasteiger partial charge in [0, 0.05) is 36.6 Å². The molecule has 2 heterocycles. The number of benzene rings is 2. The third kappa shape index (κ3) is 3.59. The van der Waals surface area contributed by atoms with Gasteiger partial charge in [0.2, 0.25) is 0 Å². The lowest BCUT2D eigenvalue weighted by atomic mass is 9.81. The van der Waals surface area contributed by atoms with Gasteiger partial charge in [-0.3, -0.25) is 4.79 Å². The molecule has 2 aromatic rings. The summed E-state index contributed by atoms with van der Waals surface area (Å²) in [4.78, 5) is 27.1. The number of nitrogens with zero attached hydrogens (tertiary/aromatic N) is 1. The van der Waals surface area contributed by atoms with Crippen LogP contribution in [-0.2, 0) is 0 Å². The molecule has 2 aliphatic heterocycles. The molecule has 0 aromatic heterocycles. The zero-order valence-electron chi connectivity index (χ0n) is 16.0. The lowest BCUT2D eigenvalue weighted by molar-refractivity contribution is 0.000265. The molecule has 0 unspecified atom stereocenters. The van der Waals surface area contributed by atoms with Crippen LogP contribution in [0, 0.1) is 13.8 Å². The second-order valence-electron chi connectivity index (χ2n) is 7.77. The number of hydrogen-bond donors (Lipinski definition) is 1. The first-order valence-corrected chi connectivity index (χ1v) is 9.88. The molecule has 2 amide bonds. The number of piperidine rings is 1. The van der Waals surface area contributed by atoms with E-state index in [9.17, 15) is 9.59 Å². The summed E-state index contributed by atoms with van der Waals surface area (Å²) in [7, 11) is 0. The SMILES string of the molecule is Cc1cc(C)c2c(c1)OC1(CCN(C(=O)Nc3cccc(Cl)c3)CC1)CC2=O. The number of fused-ring (bicyclic) bond motifs is 1. The normalized spacial score (nSPS) is 17.8. The monoisotopic (exact) mass is 398 g/mol. The predicted octanol–water partition coefficient (Wildman–Crippen LogP) is 4.99. The Morgan fingerprint density at radius 3 is 2.64 bits per heavy atom. The van der Waals surface area contributed by atoms with Crippen LogP contribution in [0.3, 0.4) is 0 Å². The average molecular weight is 399 g/mol. The number of urea groups is 1. The van der Waals surface area contributed by atoms with Crippen molar-refractivity contribution >= 4 is 29.1 Å². The van der Waals surface area contributed by atoms with E-state index in [4.69, 9.17) is 16.3 Å². The standard InChI is InChI=1S/C22H23ClN2O3/c1-14-10-15(2)20-18(26)13-22(28-19(20)11-14)6-8-25(9-7-22)21(27)24-17-5-3-4-16(23)12-17/h3-5,10-12H,6-9,13H2,1-2H3,(H,24,27). The van der Waals surface area contributed by atoms with E-state index in [1.807, 2.05) is 26.0 Å². The van der Waals surface area contributed by atoms with E-state index >= 15 is 0 Å². The van der Waals surface area contributed by atoms with Crippen molar-refractivity contribution in [2.75, 3.05) is 18.4 Å². The lowest BCUT2D eigenvalue weighted by Gasteiger charge is -2.44. The van der Waals surface area contributed by atoms with E-state index in [0.29, 0.717) is 54.4 Å². The van der Waals surface area contributed by atoms with Gasteiger partial charge in [0.15, 0.2) is 5.78 Å². The Bertz CT molecular complexity index is 949. The van der Waals surface area contributed by atoms with Gasteiger partial charge in [-0.1, -0.05) is 23.7 Å². The minimum atomic E-state index is -0.517. The van der Waals surface area contributed by atoms with Gasteiger partial charge in [0.25, 0.3) is 0 Å². The van der Waals surface area contributed by atoms with Crippen LogP contribution in [0.2, 0.25) is 5.02 Å². The molecular formula is C22H23ClN2O3. The molecule has 1 N–H and O–H groups in total. The molecule has 4 rings (SSSR count). The number of carbonyl (C=O) groups is 2. The first kappa shape index (κ1) is 18.8. The summed E-state index contributed by atoms with van der Waals surface area (Å²) in [5.41, 5.74) is 2.91. The number of halogens is 1. The molecule has 6 heteroatoms. The largest absolute Gasteiger partial charge is 0.486 e. The van der Waals surface area contributed by atoms with E-state index < -0.39 is 5.60 Å². The Kier molecular flexibility index (Phi) is 4.79. The van der Waals surface area contributed by atoms with Gasteiger partial charge >= 0.3 is 6.03 Å². The van der Waals surface area contributed by atoms with Crippen molar-refractivity contribution in [3.05, 3.63) is 58.1 Å². The number of amides is 2. The smallest absolute Gasteiger partial charge is 0.321 e. The second-order valence-corrected chi connectivity index (χ2v) is 8.20. The molecule has 0 atom stereocenters. The number of likely N-dealkylation sites (tertiary alicyclic amines) is 1. The molecule has 28 heavy (non-hydrogen) atoms. The third-order valence-corrected chi connectivity index (χ3v) is 5.80. The van der Waals surface area contributed by atoms with Crippen molar-refractivity contribution in [1.82, 2.24) is 4.90 Å². The lowest BCUT2D eigenvalue weighted by Crippen LogP contribution is -2.53. The zero-order chi connectivity index (χ0) is 19.9. The average Bonchev–Trinajstić information content (AvgIpc) is 2.61. The van der Waals surface area contributed by atoms with E-state index in [2.05, 4.69) is 5.32 Å². The summed E-state index contributed by atoms with van der Waals surface area (Å²) < 4.78 is 6.36. The molecule has 1 spiro atoms. The van der Waals surface area contributed by atoms with Crippen LogP contribution in [0.5, 0.6) is 5.75 Å². The molecule has 1 fully saturated rings. The topological polar surface area (TPSA) is 58.6 Å². The number of Topliss-reactive ketones (excluding diaryl/α,β-unsaturated/α-hetero) is 1. The maximum atomic E-state index is 12.8. The van der Waals surface area contributed by atoms with Crippen molar-refractivity contribution in [2.45, 2.75) is 38.7 Å². The van der Waals surface area contributed by atoms with E-state index in [-0.39, 0.29) is 11.8 Å². The van der Waals surface area contributed by atoms with Crippen LogP contribution >= 0.6 is 11.6 Å². The van der Waals surface area contributed by atoms with Crippen LogP contribution in [-0.4, -0.2) is 35.4 Å². The van der Waals surface area contributed by atoms with Gasteiger partial charge in [-0.2, -0.15) is 0 Å². The summed E-state index contributed by atoms with van der Waals surface area (Å²) in [6.45, 7) is 5.04. The fourth-order valence-electron chi connectivity index (χ4n) is 4.18. The summed E-state index contributed by atoms with van der Waals surface area (Å²) in [6, 6.07) is 10.9. The van der Waals surface area contributed by atoms with Gasteiger partial charge in [0.05, 0.1) is 12.0 Å². The Labute approximate surface area is 169 Å². The molecule has 2 aromatic carbocycles. The number of carbonyl (C=O) groups excluding carboxylic acids is 2. The van der Waals surface area contributed by atoms with Gasteiger partial charge in [-0.15, -0.1) is 0 Å². The molecule has 0 saturated carbocycles. The van der Waals surface area contributed by atoms with Gasteiger partial charge in [-0.25, -0.2) is 4.79 Å². The van der Waals surface area contributed by atoms with Crippen LogP contribution in [0.1, 0.15) is 40.7 Å². The molecule has 0 radical (unpaired) electrons. The number of nitrogens with one attached hydrogen (secondary N) is 1. The fraction of sp³-hybridized carbons (Fsp3) is 0.364. The maximum Gasteiger partial charge on any atom is 0.321 e. The van der Waals surface area contributed by atoms with Crippen molar-refractivity contribution in [2.24, 2.45) is 0 Å². The molecule has 0 bridgehead atoms. The van der Waals surface area contributed by atoms with Gasteiger partial charge in [-0.05, 0) is 49.2 Å². The molecule has 1 saturated heterocycles. The quantitative estimate of drug-likeness (QED) is 0.736. The summed E-state index contributed by atoms with van der Waals surface area (Å²) in [5, 5.41) is 3.46. The van der Waals surface area contributed by atoms with Crippen LogP contribution in [0.15, 0.2) is 36.4 Å². The summed E-state index contributed by atoms with van der Waals surface area (Å²) >= 11 is 5.98. The second kappa shape index (κ2) is 7.13. The number of aryl methyl sites for hydroxylation is 2. The van der Waals surface area contributed by atoms with Gasteiger partial charge < -0.3 is 15.0 Å². The predicted molar refractivity (Wildman–Crippen MR) is 110 cm³/mol. The van der Waals surface area contributed by atoms with Crippen molar-refractivity contribution < 1.29 is 14.3 Å². The Balaban J connectivity index is 1.45. The molecule has 0 aliphatic carbocycles. The minimum absolute atomic E-state index is 0.135. The van der Waals surface area contributed by atoms with Crippen molar-refractivity contribution in [3.8, 4) is 5.75 Å². The highest BCUT2D eigenvalue weighted by atomic mass is 35.5. The highest BCUT2D eigenvalue weighted by Crippen LogP contribution is 2.41. The molecule has 2 aliphatic rings. The van der Waals surface area contributed by atoms with Crippen molar-refractivity contribution in [3.63, 3.8) is 0 Å². The maximum absolute atomic E-state index is 12.8. The van der Waals surface area contributed by atoms with E-state index in [1.54, 1.807) is 29.2 Å². The number of anilines is 1. The molecule has 146 valence electrons.